The smallest absolute Gasteiger partial charge is 0.355 e. The van der Waals surface area contributed by atoms with Crippen molar-refractivity contribution in [2.75, 3.05) is 0 Å². The Balaban J connectivity index is 2.28. The lowest BCUT2D eigenvalue weighted by Gasteiger charge is -2.20. The number of carboxylic acids is 1. The van der Waals surface area contributed by atoms with E-state index in [1.54, 1.807) is 0 Å². The standard InChI is InChI=1S/C10H12BrNO2S/c11-10-12-7(9(13)14)8(15-10)6-4-2-1-3-5-6/h6H,1-5H2,(H,13,14). The zero-order valence-corrected chi connectivity index (χ0v) is 10.6. The number of halogens is 1. The van der Waals surface area contributed by atoms with Gasteiger partial charge in [-0.05, 0) is 34.7 Å². The Kier molecular flexibility index (Phi) is 3.41. The number of aromatic carboxylic acids is 1. The van der Waals surface area contributed by atoms with Crippen LogP contribution in [0.1, 0.15) is 53.4 Å². The van der Waals surface area contributed by atoms with Crippen molar-refractivity contribution in [2.45, 2.75) is 38.0 Å². The molecular weight excluding hydrogens is 278 g/mol. The van der Waals surface area contributed by atoms with E-state index in [0.29, 0.717) is 9.83 Å². The first kappa shape index (κ1) is 11.1. The van der Waals surface area contributed by atoms with Crippen LogP contribution in [0, 0.1) is 0 Å². The maximum Gasteiger partial charge on any atom is 0.355 e. The van der Waals surface area contributed by atoms with Gasteiger partial charge in [-0.3, -0.25) is 0 Å². The fraction of sp³-hybridized carbons (Fsp3) is 0.600. The molecule has 0 unspecified atom stereocenters. The van der Waals surface area contributed by atoms with Crippen LogP contribution in [0.3, 0.4) is 0 Å². The predicted octanol–water partition coefficient (Wildman–Crippen LogP) is 3.65. The van der Waals surface area contributed by atoms with Crippen LogP contribution in [-0.2, 0) is 0 Å². The summed E-state index contributed by atoms with van der Waals surface area (Å²) >= 11 is 4.74. The van der Waals surface area contributed by atoms with E-state index in [1.165, 1.54) is 30.6 Å². The van der Waals surface area contributed by atoms with Gasteiger partial charge in [0.1, 0.15) is 0 Å². The molecule has 1 heterocycles. The minimum Gasteiger partial charge on any atom is -0.476 e. The fourth-order valence-corrected chi connectivity index (χ4v) is 3.75. The molecule has 1 aliphatic rings. The third kappa shape index (κ3) is 2.39. The molecule has 1 aromatic rings. The van der Waals surface area contributed by atoms with E-state index in [1.807, 2.05) is 0 Å². The molecule has 0 radical (unpaired) electrons. The summed E-state index contributed by atoms with van der Waals surface area (Å²) in [5.41, 5.74) is 0.249. The Bertz CT molecular complexity index is 371. The summed E-state index contributed by atoms with van der Waals surface area (Å²) in [4.78, 5) is 16.0. The maximum atomic E-state index is 11.0. The van der Waals surface area contributed by atoms with Gasteiger partial charge >= 0.3 is 5.97 Å². The van der Waals surface area contributed by atoms with Gasteiger partial charge in [-0.2, -0.15) is 0 Å². The SMILES string of the molecule is O=C(O)c1nc(Br)sc1C1CCCCC1. The van der Waals surface area contributed by atoms with Gasteiger partial charge < -0.3 is 5.11 Å². The van der Waals surface area contributed by atoms with Crippen LogP contribution in [0.5, 0.6) is 0 Å². The number of carboxylic acid groups (broad SMARTS) is 1. The van der Waals surface area contributed by atoms with E-state index in [2.05, 4.69) is 20.9 Å². The van der Waals surface area contributed by atoms with Gasteiger partial charge in [0.25, 0.3) is 0 Å². The predicted molar refractivity (Wildman–Crippen MR) is 62.6 cm³/mol. The molecule has 15 heavy (non-hydrogen) atoms. The number of hydrogen-bond acceptors (Lipinski definition) is 3. The van der Waals surface area contributed by atoms with Crippen molar-refractivity contribution in [1.82, 2.24) is 4.98 Å². The maximum absolute atomic E-state index is 11.0. The fourth-order valence-electron chi connectivity index (χ4n) is 2.10. The number of hydrogen-bond donors (Lipinski definition) is 1. The van der Waals surface area contributed by atoms with E-state index in [9.17, 15) is 4.79 Å². The van der Waals surface area contributed by atoms with E-state index in [-0.39, 0.29) is 5.69 Å². The van der Waals surface area contributed by atoms with Gasteiger partial charge in [0.05, 0.1) is 0 Å². The van der Waals surface area contributed by atoms with Crippen molar-refractivity contribution in [1.29, 1.82) is 0 Å². The second-order valence-electron chi connectivity index (χ2n) is 3.82. The lowest BCUT2D eigenvalue weighted by Crippen LogP contribution is -2.08. The quantitative estimate of drug-likeness (QED) is 0.904. The number of rotatable bonds is 2. The molecule has 0 atom stereocenters. The third-order valence-electron chi connectivity index (χ3n) is 2.81. The molecule has 0 aliphatic heterocycles. The van der Waals surface area contributed by atoms with Crippen molar-refractivity contribution in [2.24, 2.45) is 0 Å². The Labute approximate surface area is 101 Å². The van der Waals surface area contributed by atoms with Crippen molar-refractivity contribution in [3.05, 3.63) is 14.5 Å². The highest BCUT2D eigenvalue weighted by Gasteiger charge is 2.25. The van der Waals surface area contributed by atoms with E-state index in [0.717, 1.165) is 17.7 Å². The first-order valence-electron chi connectivity index (χ1n) is 5.08. The van der Waals surface area contributed by atoms with Crippen molar-refractivity contribution >= 4 is 33.2 Å². The molecule has 2 rings (SSSR count). The van der Waals surface area contributed by atoms with Gasteiger partial charge in [0, 0.05) is 4.88 Å². The first-order valence-corrected chi connectivity index (χ1v) is 6.69. The average Bonchev–Trinajstić information content (AvgIpc) is 2.62. The van der Waals surface area contributed by atoms with Gasteiger partial charge in [-0.15, -0.1) is 11.3 Å². The second kappa shape index (κ2) is 4.61. The van der Waals surface area contributed by atoms with Gasteiger partial charge in [0.15, 0.2) is 9.61 Å². The molecular formula is C10H12BrNO2S. The monoisotopic (exact) mass is 289 g/mol. The lowest BCUT2D eigenvalue weighted by molar-refractivity contribution is 0.0689. The molecule has 5 heteroatoms. The van der Waals surface area contributed by atoms with Crippen LogP contribution in [0.2, 0.25) is 0 Å². The van der Waals surface area contributed by atoms with Crippen LogP contribution in [0.15, 0.2) is 3.92 Å². The molecule has 1 aliphatic carbocycles. The van der Waals surface area contributed by atoms with Crippen LogP contribution >= 0.6 is 27.3 Å². The average molecular weight is 290 g/mol. The van der Waals surface area contributed by atoms with Gasteiger partial charge in [-0.1, -0.05) is 19.3 Å². The molecule has 1 saturated carbocycles. The van der Waals surface area contributed by atoms with Gasteiger partial charge in [0.2, 0.25) is 0 Å². The molecule has 0 bridgehead atoms. The number of carbonyl (C=O) groups is 1. The first-order chi connectivity index (χ1) is 7.18. The second-order valence-corrected chi connectivity index (χ2v) is 6.13. The molecule has 1 N–H and O–H groups in total. The number of thiazole rings is 1. The molecule has 0 aromatic carbocycles. The summed E-state index contributed by atoms with van der Waals surface area (Å²) in [6, 6.07) is 0. The summed E-state index contributed by atoms with van der Waals surface area (Å²) < 4.78 is 0.681. The Morgan fingerprint density at radius 2 is 2.07 bits per heavy atom. The molecule has 0 amide bonds. The highest BCUT2D eigenvalue weighted by atomic mass is 79.9. The largest absolute Gasteiger partial charge is 0.476 e. The molecule has 82 valence electrons. The molecule has 3 nitrogen and oxygen atoms in total. The van der Waals surface area contributed by atoms with Crippen molar-refractivity contribution < 1.29 is 9.90 Å². The van der Waals surface area contributed by atoms with Crippen molar-refractivity contribution in [3.8, 4) is 0 Å². The van der Waals surface area contributed by atoms with Crippen LogP contribution in [0.4, 0.5) is 0 Å². The highest BCUT2D eigenvalue weighted by Crippen LogP contribution is 2.38. The topological polar surface area (TPSA) is 50.2 Å². The summed E-state index contributed by atoms with van der Waals surface area (Å²) in [6.45, 7) is 0. The Morgan fingerprint density at radius 1 is 1.40 bits per heavy atom. The normalized spacial score (nSPS) is 17.9. The van der Waals surface area contributed by atoms with Crippen LogP contribution in [-0.4, -0.2) is 16.1 Å². The zero-order chi connectivity index (χ0) is 10.8. The molecule has 0 spiro atoms. The van der Waals surface area contributed by atoms with E-state index >= 15 is 0 Å². The minimum absolute atomic E-state index is 0.249. The summed E-state index contributed by atoms with van der Waals surface area (Å²) in [6.07, 6.45) is 5.90. The highest BCUT2D eigenvalue weighted by molar-refractivity contribution is 9.11. The van der Waals surface area contributed by atoms with E-state index in [4.69, 9.17) is 5.11 Å². The molecule has 1 fully saturated rings. The lowest BCUT2D eigenvalue weighted by atomic mass is 9.87. The van der Waals surface area contributed by atoms with E-state index < -0.39 is 5.97 Å². The van der Waals surface area contributed by atoms with Crippen molar-refractivity contribution in [3.63, 3.8) is 0 Å². The summed E-state index contributed by atoms with van der Waals surface area (Å²) in [5.74, 6) is -0.494. The zero-order valence-electron chi connectivity index (χ0n) is 8.20. The summed E-state index contributed by atoms with van der Waals surface area (Å²) in [7, 11) is 0. The van der Waals surface area contributed by atoms with Crippen LogP contribution in [0.25, 0.3) is 0 Å². The Hall–Kier alpha value is -0.420. The van der Waals surface area contributed by atoms with Crippen LogP contribution < -0.4 is 0 Å². The third-order valence-corrected chi connectivity index (χ3v) is 4.48. The number of nitrogens with zero attached hydrogens (tertiary/aromatic N) is 1. The Morgan fingerprint density at radius 3 is 2.67 bits per heavy atom. The molecule has 0 saturated heterocycles. The molecule has 1 aromatic heterocycles. The van der Waals surface area contributed by atoms with Gasteiger partial charge in [-0.25, -0.2) is 9.78 Å². The number of aromatic nitrogens is 1. The summed E-state index contributed by atoms with van der Waals surface area (Å²) in [5, 5.41) is 9.03. The minimum atomic E-state index is -0.905.